The highest BCUT2D eigenvalue weighted by molar-refractivity contribution is 5.91. The van der Waals surface area contributed by atoms with Gasteiger partial charge in [-0.05, 0) is 18.2 Å². The fourth-order valence-electron chi connectivity index (χ4n) is 1.29. The number of nitrogens with one attached hydrogen (secondary N) is 1. The third kappa shape index (κ3) is 5.14. The van der Waals surface area contributed by atoms with Gasteiger partial charge in [0, 0.05) is 7.11 Å². The molecule has 0 spiro atoms. The maximum absolute atomic E-state index is 13.3. The maximum atomic E-state index is 13.3. The van der Waals surface area contributed by atoms with E-state index in [4.69, 9.17) is 4.74 Å². The number of carbonyl (C=O) groups excluding carboxylic acids is 1. The Balaban J connectivity index is 2.65. The van der Waals surface area contributed by atoms with Gasteiger partial charge in [-0.2, -0.15) is 13.2 Å². The van der Waals surface area contributed by atoms with E-state index in [0.29, 0.717) is 18.2 Å². The van der Waals surface area contributed by atoms with Crippen LogP contribution in [-0.4, -0.2) is 32.8 Å². The van der Waals surface area contributed by atoms with Crippen LogP contribution >= 0.6 is 0 Å². The van der Waals surface area contributed by atoms with Crippen LogP contribution in [0.5, 0.6) is 0 Å². The molecule has 20 heavy (non-hydrogen) atoms. The van der Waals surface area contributed by atoms with Crippen molar-refractivity contribution in [1.29, 1.82) is 0 Å². The third-order valence-electron chi connectivity index (χ3n) is 2.23. The number of alkyl halides is 3. The number of methoxy groups -OCH3 is 1. The largest absolute Gasteiger partial charge is 0.416 e. The van der Waals surface area contributed by atoms with Crippen molar-refractivity contribution in [2.45, 2.75) is 6.18 Å². The molecule has 0 saturated carbocycles. The quantitative estimate of drug-likeness (QED) is 0.648. The Bertz CT molecular complexity index is 463. The van der Waals surface area contributed by atoms with E-state index in [1.807, 2.05) is 5.32 Å². The molecule has 0 aromatic heterocycles. The molecule has 1 amide bonds. The van der Waals surface area contributed by atoms with E-state index in [0.717, 1.165) is 0 Å². The van der Waals surface area contributed by atoms with Crippen LogP contribution in [0, 0.1) is 5.82 Å². The number of ether oxygens (including phenoxy) is 2. The molecule has 1 N–H and O–H groups in total. The maximum Gasteiger partial charge on any atom is 0.416 e. The van der Waals surface area contributed by atoms with Gasteiger partial charge in [0.25, 0.3) is 0 Å². The number of carbonyl (C=O) groups is 1. The summed E-state index contributed by atoms with van der Waals surface area (Å²) in [4.78, 5) is 11.4. The van der Waals surface area contributed by atoms with E-state index in [1.165, 1.54) is 7.11 Å². The van der Waals surface area contributed by atoms with Gasteiger partial charge in [0.15, 0.2) is 0 Å². The molecule has 4 nitrogen and oxygen atoms in total. The van der Waals surface area contributed by atoms with E-state index in [9.17, 15) is 22.4 Å². The van der Waals surface area contributed by atoms with Crippen LogP contribution in [0.15, 0.2) is 18.2 Å². The normalized spacial score (nSPS) is 11.4. The average Bonchev–Trinajstić information content (AvgIpc) is 2.36. The number of amides is 1. The zero-order chi connectivity index (χ0) is 15.2. The number of anilines is 1. The fraction of sp³-hybridized carbons (Fsp3) is 0.417. The van der Waals surface area contributed by atoms with Crippen molar-refractivity contribution in [1.82, 2.24) is 0 Å². The molecule has 1 aromatic rings. The molecule has 1 aromatic carbocycles. The highest BCUT2D eigenvalue weighted by Gasteiger charge is 2.31. The molecule has 0 unspecified atom stereocenters. The minimum absolute atomic E-state index is 0.148. The zero-order valence-corrected chi connectivity index (χ0v) is 10.6. The molecule has 0 atom stereocenters. The lowest BCUT2D eigenvalue weighted by Crippen LogP contribution is -2.20. The van der Waals surface area contributed by atoms with E-state index < -0.39 is 35.8 Å². The van der Waals surface area contributed by atoms with Crippen LogP contribution in [0.4, 0.5) is 23.2 Å². The number of benzene rings is 1. The number of rotatable bonds is 6. The average molecular weight is 295 g/mol. The molecule has 0 aliphatic rings. The molecule has 0 saturated heterocycles. The Kier molecular flexibility index (Phi) is 5.90. The Morgan fingerprint density at radius 2 is 2.00 bits per heavy atom. The number of hydrogen-bond acceptors (Lipinski definition) is 3. The van der Waals surface area contributed by atoms with Crippen molar-refractivity contribution in [3.8, 4) is 0 Å². The summed E-state index contributed by atoms with van der Waals surface area (Å²) >= 11 is 0. The van der Waals surface area contributed by atoms with Gasteiger partial charge >= 0.3 is 6.18 Å². The van der Waals surface area contributed by atoms with Gasteiger partial charge in [-0.3, -0.25) is 4.79 Å². The number of hydrogen-bond donors (Lipinski definition) is 1. The van der Waals surface area contributed by atoms with Gasteiger partial charge < -0.3 is 14.8 Å². The van der Waals surface area contributed by atoms with Gasteiger partial charge in [-0.1, -0.05) is 0 Å². The Hall–Kier alpha value is -1.67. The minimum atomic E-state index is -4.61. The molecule has 1 rings (SSSR count). The van der Waals surface area contributed by atoms with Crippen molar-refractivity contribution < 1.29 is 31.8 Å². The molecule has 0 fully saturated rings. The molecule has 112 valence electrons. The standard InChI is InChI=1S/C12H13F4NO3/c1-19-4-5-20-7-11(18)17-10-6-8(12(14,15)16)2-3-9(10)13/h2-3,6H,4-5,7H2,1H3,(H,17,18). The second-order valence-corrected chi connectivity index (χ2v) is 3.79. The van der Waals surface area contributed by atoms with Crippen molar-refractivity contribution >= 4 is 11.6 Å². The van der Waals surface area contributed by atoms with Gasteiger partial charge in [0.05, 0.1) is 24.5 Å². The summed E-state index contributed by atoms with van der Waals surface area (Å²) in [5, 5.41) is 2.02. The highest BCUT2D eigenvalue weighted by atomic mass is 19.4. The lowest BCUT2D eigenvalue weighted by molar-refractivity contribution is -0.137. The summed E-state index contributed by atoms with van der Waals surface area (Å²) in [6.07, 6.45) is -4.61. The third-order valence-corrected chi connectivity index (χ3v) is 2.23. The van der Waals surface area contributed by atoms with Crippen molar-refractivity contribution in [3.63, 3.8) is 0 Å². The Labute approximate surface area is 112 Å². The van der Waals surface area contributed by atoms with E-state index >= 15 is 0 Å². The van der Waals surface area contributed by atoms with E-state index in [2.05, 4.69) is 4.74 Å². The molecule has 0 bridgehead atoms. The second kappa shape index (κ2) is 7.20. The smallest absolute Gasteiger partial charge is 0.382 e. The predicted octanol–water partition coefficient (Wildman–Crippen LogP) is 2.45. The van der Waals surface area contributed by atoms with Gasteiger partial charge in [-0.25, -0.2) is 4.39 Å². The molecule has 8 heteroatoms. The summed E-state index contributed by atoms with van der Waals surface area (Å²) in [5.74, 6) is -1.71. The minimum Gasteiger partial charge on any atom is -0.382 e. The Morgan fingerprint density at radius 1 is 1.30 bits per heavy atom. The van der Waals surface area contributed by atoms with Crippen molar-refractivity contribution in [2.75, 3.05) is 32.2 Å². The van der Waals surface area contributed by atoms with Crippen LogP contribution in [0.25, 0.3) is 0 Å². The second-order valence-electron chi connectivity index (χ2n) is 3.79. The molecule has 0 radical (unpaired) electrons. The highest BCUT2D eigenvalue weighted by Crippen LogP contribution is 2.31. The van der Waals surface area contributed by atoms with Gasteiger partial charge in [-0.15, -0.1) is 0 Å². The predicted molar refractivity (Wildman–Crippen MR) is 62.7 cm³/mol. The topological polar surface area (TPSA) is 47.6 Å². The van der Waals surface area contributed by atoms with Gasteiger partial charge in [0.2, 0.25) is 5.91 Å². The lowest BCUT2D eigenvalue weighted by atomic mass is 10.2. The zero-order valence-electron chi connectivity index (χ0n) is 10.6. The van der Waals surface area contributed by atoms with Crippen LogP contribution < -0.4 is 5.32 Å². The van der Waals surface area contributed by atoms with Crippen LogP contribution in [0.1, 0.15) is 5.56 Å². The monoisotopic (exact) mass is 295 g/mol. The first kappa shape index (κ1) is 16.4. The van der Waals surface area contributed by atoms with Gasteiger partial charge in [0.1, 0.15) is 12.4 Å². The van der Waals surface area contributed by atoms with E-state index in [1.54, 1.807) is 0 Å². The molecule has 0 aliphatic heterocycles. The molecule has 0 aliphatic carbocycles. The van der Waals surface area contributed by atoms with E-state index in [-0.39, 0.29) is 13.2 Å². The first-order valence-corrected chi connectivity index (χ1v) is 5.58. The first-order valence-electron chi connectivity index (χ1n) is 5.58. The van der Waals surface area contributed by atoms with Crippen LogP contribution in [0.2, 0.25) is 0 Å². The summed E-state index contributed by atoms with van der Waals surface area (Å²) in [5.41, 5.74) is -1.59. The first-order chi connectivity index (χ1) is 9.34. The van der Waals surface area contributed by atoms with Crippen molar-refractivity contribution in [3.05, 3.63) is 29.6 Å². The summed E-state index contributed by atoms with van der Waals surface area (Å²) in [6, 6.07) is 1.77. The lowest BCUT2D eigenvalue weighted by Gasteiger charge is -2.11. The SMILES string of the molecule is COCCOCC(=O)Nc1cc(C(F)(F)F)ccc1F. The Morgan fingerprint density at radius 3 is 2.60 bits per heavy atom. The van der Waals surface area contributed by atoms with Crippen LogP contribution in [0.3, 0.4) is 0 Å². The molecular formula is C12H13F4NO3. The number of halogens is 4. The van der Waals surface area contributed by atoms with Crippen LogP contribution in [-0.2, 0) is 20.4 Å². The fourth-order valence-corrected chi connectivity index (χ4v) is 1.29. The summed E-state index contributed by atoms with van der Waals surface area (Å²) in [6.45, 7) is 0.0131. The molecular weight excluding hydrogens is 282 g/mol. The van der Waals surface area contributed by atoms with Crippen molar-refractivity contribution in [2.24, 2.45) is 0 Å². The summed E-state index contributed by atoms with van der Waals surface area (Å²) < 4.78 is 60.2. The summed E-state index contributed by atoms with van der Waals surface area (Å²) in [7, 11) is 1.45. The molecule has 0 heterocycles.